The molecule has 1 amide bonds. The Balaban J connectivity index is 2.05. The highest BCUT2D eigenvalue weighted by Crippen LogP contribution is 2.08. The molecular weight excluding hydrogens is 226 g/mol. The van der Waals surface area contributed by atoms with E-state index in [1.807, 2.05) is 14.0 Å². The smallest absolute Gasteiger partial charge is 0.236 e. The van der Waals surface area contributed by atoms with Crippen LogP contribution in [0, 0.1) is 6.92 Å². The number of hydrogen-bond donors (Lipinski definition) is 1. The zero-order valence-electron chi connectivity index (χ0n) is 8.97. The van der Waals surface area contributed by atoms with Gasteiger partial charge >= 0.3 is 0 Å². The summed E-state index contributed by atoms with van der Waals surface area (Å²) in [5, 5.41) is 15.0. The topological polar surface area (TPSA) is 71.6 Å². The molecule has 1 N–H and O–H groups in total. The third-order valence-electron chi connectivity index (χ3n) is 2.20. The fourth-order valence-corrected chi connectivity index (χ4v) is 1.80. The number of amides is 1. The molecular formula is C9H11N5OS. The zero-order valence-corrected chi connectivity index (χ0v) is 9.78. The number of amidine groups is 1. The van der Waals surface area contributed by atoms with Crippen molar-refractivity contribution in [2.75, 3.05) is 5.75 Å². The van der Waals surface area contributed by atoms with E-state index in [0.717, 1.165) is 11.3 Å². The molecule has 1 saturated heterocycles. The third kappa shape index (κ3) is 2.30. The molecule has 0 radical (unpaired) electrons. The summed E-state index contributed by atoms with van der Waals surface area (Å²) in [4.78, 5) is 10.9. The molecule has 16 heavy (non-hydrogen) atoms. The number of hydrogen-bond acceptors (Lipinski definition) is 5. The lowest BCUT2D eigenvalue weighted by Gasteiger charge is -1.92. The van der Waals surface area contributed by atoms with Gasteiger partial charge in [-0.1, -0.05) is 11.8 Å². The molecule has 1 aliphatic heterocycles. The lowest BCUT2D eigenvalue weighted by Crippen LogP contribution is -2.19. The van der Waals surface area contributed by atoms with Gasteiger partial charge in [0.1, 0.15) is 0 Å². The summed E-state index contributed by atoms with van der Waals surface area (Å²) in [6, 6.07) is 0. The van der Waals surface area contributed by atoms with Crippen LogP contribution >= 0.6 is 11.8 Å². The molecule has 1 aromatic rings. The molecule has 7 heteroatoms. The molecule has 0 saturated carbocycles. The molecule has 0 bridgehead atoms. The predicted molar refractivity (Wildman–Crippen MR) is 63.6 cm³/mol. The Morgan fingerprint density at radius 3 is 3.06 bits per heavy atom. The van der Waals surface area contributed by atoms with Crippen molar-refractivity contribution < 1.29 is 4.79 Å². The van der Waals surface area contributed by atoms with Gasteiger partial charge in [-0.25, -0.2) is 0 Å². The monoisotopic (exact) mass is 237 g/mol. The molecule has 0 unspecified atom stereocenters. The minimum Gasteiger partial charge on any atom is -0.303 e. The van der Waals surface area contributed by atoms with Gasteiger partial charge in [-0.3, -0.25) is 9.48 Å². The standard InChI is InChI=1S/C9H11N5OS/c1-6-7(4-11-14(6)2)3-10-13-9-12-8(15)5-16-9/h3-4H,5H2,1-2H3,(H,12,13,15). The highest BCUT2D eigenvalue weighted by atomic mass is 32.2. The van der Waals surface area contributed by atoms with Crippen LogP contribution in [0.15, 0.2) is 16.4 Å². The van der Waals surface area contributed by atoms with E-state index in [4.69, 9.17) is 0 Å². The summed E-state index contributed by atoms with van der Waals surface area (Å²) in [6.45, 7) is 1.95. The highest BCUT2D eigenvalue weighted by molar-refractivity contribution is 8.15. The van der Waals surface area contributed by atoms with Crippen LogP contribution in [-0.2, 0) is 11.8 Å². The van der Waals surface area contributed by atoms with Crippen molar-refractivity contribution in [3.63, 3.8) is 0 Å². The Labute approximate surface area is 96.8 Å². The lowest BCUT2D eigenvalue weighted by atomic mass is 10.3. The Bertz CT molecular complexity index is 476. The fourth-order valence-electron chi connectivity index (χ4n) is 1.17. The number of nitrogens with zero attached hydrogens (tertiary/aromatic N) is 4. The Morgan fingerprint density at radius 1 is 1.69 bits per heavy atom. The summed E-state index contributed by atoms with van der Waals surface area (Å²) in [7, 11) is 1.87. The van der Waals surface area contributed by atoms with Gasteiger partial charge < -0.3 is 5.32 Å². The largest absolute Gasteiger partial charge is 0.303 e. The van der Waals surface area contributed by atoms with Crippen LogP contribution in [0.3, 0.4) is 0 Å². The summed E-state index contributed by atoms with van der Waals surface area (Å²) in [5.41, 5.74) is 1.94. The average molecular weight is 237 g/mol. The number of nitrogens with one attached hydrogen (secondary N) is 1. The Kier molecular flexibility index (Phi) is 3.04. The molecule has 1 aliphatic rings. The molecule has 84 valence electrons. The second-order valence-electron chi connectivity index (χ2n) is 3.30. The van der Waals surface area contributed by atoms with Gasteiger partial charge in [0.15, 0.2) is 5.17 Å². The van der Waals surface area contributed by atoms with Gasteiger partial charge in [-0.2, -0.15) is 10.2 Å². The first-order valence-corrected chi connectivity index (χ1v) is 5.67. The van der Waals surface area contributed by atoms with E-state index < -0.39 is 0 Å². The van der Waals surface area contributed by atoms with Crippen LogP contribution in [-0.4, -0.2) is 32.8 Å². The van der Waals surface area contributed by atoms with Crippen molar-refractivity contribution in [2.24, 2.45) is 17.3 Å². The molecule has 2 rings (SSSR count). The van der Waals surface area contributed by atoms with Crippen LogP contribution in [0.4, 0.5) is 0 Å². The van der Waals surface area contributed by atoms with Crippen LogP contribution in [0.1, 0.15) is 11.3 Å². The summed E-state index contributed by atoms with van der Waals surface area (Å²) >= 11 is 1.35. The Hall–Kier alpha value is -1.63. The molecule has 1 fully saturated rings. The van der Waals surface area contributed by atoms with Gasteiger partial charge in [-0.05, 0) is 6.92 Å². The van der Waals surface area contributed by atoms with Crippen LogP contribution < -0.4 is 5.32 Å². The van der Waals surface area contributed by atoms with Gasteiger partial charge in [0, 0.05) is 18.3 Å². The van der Waals surface area contributed by atoms with Crippen LogP contribution in [0.25, 0.3) is 0 Å². The third-order valence-corrected chi connectivity index (χ3v) is 3.07. The van der Waals surface area contributed by atoms with E-state index in [1.54, 1.807) is 17.1 Å². The summed E-state index contributed by atoms with van der Waals surface area (Å²) < 4.78 is 1.76. The van der Waals surface area contributed by atoms with Crippen molar-refractivity contribution in [3.05, 3.63) is 17.5 Å². The number of carbonyl (C=O) groups excluding carboxylic acids is 1. The number of carbonyl (C=O) groups is 1. The SMILES string of the molecule is Cc1c(C=N/N=C2\NC(=O)CS2)cnn1C. The van der Waals surface area contributed by atoms with Crippen molar-refractivity contribution in [3.8, 4) is 0 Å². The zero-order chi connectivity index (χ0) is 11.5. The van der Waals surface area contributed by atoms with E-state index in [0.29, 0.717) is 10.9 Å². The van der Waals surface area contributed by atoms with E-state index in [9.17, 15) is 4.79 Å². The normalized spacial score (nSPS) is 18.6. The van der Waals surface area contributed by atoms with E-state index in [1.165, 1.54) is 11.8 Å². The van der Waals surface area contributed by atoms with Crippen LogP contribution in [0.5, 0.6) is 0 Å². The van der Waals surface area contributed by atoms with Gasteiger partial charge in [0.25, 0.3) is 0 Å². The van der Waals surface area contributed by atoms with Crippen molar-refractivity contribution >= 4 is 29.1 Å². The minimum atomic E-state index is -0.0310. The van der Waals surface area contributed by atoms with E-state index in [2.05, 4.69) is 20.6 Å². The second-order valence-corrected chi connectivity index (χ2v) is 4.26. The fraction of sp³-hybridized carbons (Fsp3) is 0.333. The van der Waals surface area contributed by atoms with Crippen molar-refractivity contribution in [2.45, 2.75) is 6.92 Å². The number of thioether (sulfide) groups is 1. The molecule has 0 atom stereocenters. The first kappa shape index (κ1) is 10.9. The lowest BCUT2D eigenvalue weighted by molar-refractivity contribution is -0.116. The van der Waals surface area contributed by atoms with Crippen LogP contribution in [0.2, 0.25) is 0 Å². The molecule has 0 aromatic carbocycles. The maximum absolute atomic E-state index is 10.9. The van der Waals surface area contributed by atoms with E-state index >= 15 is 0 Å². The van der Waals surface area contributed by atoms with Crippen molar-refractivity contribution in [1.82, 2.24) is 15.1 Å². The molecule has 0 aliphatic carbocycles. The minimum absolute atomic E-state index is 0.0310. The quantitative estimate of drug-likeness (QED) is 0.593. The number of aromatic nitrogens is 2. The Morgan fingerprint density at radius 2 is 2.50 bits per heavy atom. The molecule has 1 aromatic heterocycles. The van der Waals surface area contributed by atoms with E-state index in [-0.39, 0.29) is 5.91 Å². The first-order valence-electron chi connectivity index (χ1n) is 4.69. The molecule has 0 spiro atoms. The maximum atomic E-state index is 10.9. The average Bonchev–Trinajstić information content (AvgIpc) is 2.79. The molecule has 2 heterocycles. The van der Waals surface area contributed by atoms with Gasteiger partial charge in [0.2, 0.25) is 5.91 Å². The second kappa shape index (κ2) is 4.48. The number of rotatable bonds is 2. The predicted octanol–water partition coefficient (Wildman–Crippen LogP) is 0.281. The highest BCUT2D eigenvalue weighted by Gasteiger charge is 2.15. The van der Waals surface area contributed by atoms with Gasteiger partial charge in [0.05, 0.1) is 18.2 Å². The number of aryl methyl sites for hydroxylation is 1. The summed E-state index contributed by atoms with van der Waals surface area (Å²) in [5.74, 6) is 0.386. The summed E-state index contributed by atoms with van der Waals surface area (Å²) in [6.07, 6.45) is 3.35. The maximum Gasteiger partial charge on any atom is 0.236 e. The molecule has 6 nitrogen and oxygen atoms in total. The van der Waals surface area contributed by atoms with Gasteiger partial charge in [-0.15, -0.1) is 5.10 Å². The van der Waals surface area contributed by atoms with Crippen molar-refractivity contribution in [1.29, 1.82) is 0 Å². The first-order chi connectivity index (χ1) is 7.66.